The Kier molecular flexibility index (Phi) is 3.74. The van der Waals surface area contributed by atoms with Crippen molar-refractivity contribution in [2.75, 3.05) is 13.7 Å². The number of nitrogens with zero attached hydrogens (tertiary/aromatic N) is 2. The summed E-state index contributed by atoms with van der Waals surface area (Å²) in [7, 11) is 1.72. The second kappa shape index (κ2) is 5.67. The molecule has 1 aliphatic heterocycles. The van der Waals surface area contributed by atoms with Crippen LogP contribution in [0.15, 0.2) is 30.5 Å². The van der Waals surface area contributed by atoms with Crippen LogP contribution in [0.25, 0.3) is 0 Å². The van der Waals surface area contributed by atoms with Crippen molar-refractivity contribution in [1.29, 1.82) is 0 Å². The molecule has 1 unspecified atom stereocenters. The lowest BCUT2D eigenvalue weighted by Crippen LogP contribution is -2.32. The number of hydrogen-bond donors (Lipinski definition) is 1. The smallest absolute Gasteiger partial charge is 0.119 e. The summed E-state index contributed by atoms with van der Waals surface area (Å²) in [5.74, 6) is 0.916. The van der Waals surface area contributed by atoms with Gasteiger partial charge in [0, 0.05) is 19.3 Å². The normalized spacial score (nSPS) is 17.8. The highest BCUT2D eigenvalue weighted by Crippen LogP contribution is 2.31. The molecule has 3 rings (SSSR count). The molecule has 0 fully saturated rings. The first kappa shape index (κ1) is 13.2. The summed E-state index contributed by atoms with van der Waals surface area (Å²) in [6.45, 7) is 4.14. The van der Waals surface area contributed by atoms with Crippen LogP contribution in [0.1, 0.15) is 36.2 Å². The number of ether oxygens (including phenoxy) is 1. The van der Waals surface area contributed by atoms with E-state index in [9.17, 15) is 0 Å². The lowest BCUT2D eigenvalue weighted by atomic mass is 9.92. The summed E-state index contributed by atoms with van der Waals surface area (Å²) in [5, 5.41) is 8.05. The molecule has 2 heterocycles. The average molecular weight is 271 g/mol. The molecule has 1 aromatic heterocycles. The Labute approximate surface area is 119 Å². The minimum Gasteiger partial charge on any atom is -0.497 e. The van der Waals surface area contributed by atoms with Crippen LogP contribution in [0.5, 0.6) is 5.75 Å². The first-order valence-electron chi connectivity index (χ1n) is 7.25. The highest BCUT2D eigenvalue weighted by Gasteiger charge is 2.24. The van der Waals surface area contributed by atoms with Crippen LogP contribution in [0.4, 0.5) is 0 Å². The highest BCUT2D eigenvalue weighted by atomic mass is 16.5. The van der Waals surface area contributed by atoms with Crippen LogP contribution in [0.2, 0.25) is 0 Å². The van der Waals surface area contributed by atoms with Gasteiger partial charge in [0.2, 0.25) is 0 Å². The number of methoxy groups -OCH3 is 1. The van der Waals surface area contributed by atoms with Crippen LogP contribution in [0.3, 0.4) is 0 Å². The van der Waals surface area contributed by atoms with E-state index < -0.39 is 0 Å². The predicted octanol–water partition coefficient (Wildman–Crippen LogP) is 2.54. The Morgan fingerprint density at radius 3 is 3.10 bits per heavy atom. The molecule has 1 aromatic carbocycles. The van der Waals surface area contributed by atoms with Gasteiger partial charge in [-0.3, -0.25) is 4.68 Å². The van der Waals surface area contributed by atoms with Crippen molar-refractivity contribution in [1.82, 2.24) is 15.1 Å². The van der Waals surface area contributed by atoms with Gasteiger partial charge in [-0.2, -0.15) is 5.10 Å². The van der Waals surface area contributed by atoms with Gasteiger partial charge in [0.1, 0.15) is 5.75 Å². The number of hydrogen-bond acceptors (Lipinski definition) is 3. The topological polar surface area (TPSA) is 39.1 Å². The summed E-state index contributed by atoms with van der Waals surface area (Å²) in [6, 6.07) is 8.70. The van der Waals surface area contributed by atoms with Crippen LogP contribution < -0.4 is 10.1 Å². The molecule has 1 atom stereocenters. The van der Waals surface area contributed by atoms with Crippen molar-refractivity contribution in [2.45, 2.75) is 32.4 Å². The van der Waals surface area contributed by atoms with Crippen LogP contribution in [0, 0.1) is 0 Å². The number of nitrogens with one attached hydrogen (secondary N) is 1. The van der Waals surface area contributed by atoms with Gasteiger partial charge in [0.15, 0.2) is 0 Å². The predicted molar refractivity (Wildman–Crippen MR) is 79.1 cm³/mol. The Bertz CT molecular complexity index is 591. The highest BCUT2D eigenvalue weighted by molar-refractivity contribution is 5.42. The van der Waals surface area contributed by atoms with E-state index in [2.05, 4.69) is 40.2 Å². The van der Waals surface area contributed by atoms with Crippen LogP contribution in [-0.2, 0) is 13.0 Å². The molecule has 0 bridgehead atoms. The first-order valence-corrected chi connectivity index (χ1v) is 7.25. The van der Waals surface area contributed by atoms with E-state index >= 15 is 0 Å². The third kappa shape index (κ3) is 2.31. The van der Waals surface area contributed by atoms with E-state index in [4.69, 9.17) is 4.74 Å². The fourth-order valence-corrected chi connectivity index (χ4v) is 2.91. The monoisotopic (exact) mass is 271 g/mol. The van der Waals surface area contributed by atoms with Crippen LogP contribution >= 0.6 is 0 Å². The second-order valence-corrected chi connectivity index (χ2v) is 5.18. The van der Waals surface area contributed by atoms with E-state index in [0.717, 1.165) is 31.7 Å². The fraction of sp³-hybridized carbons (Fsp3) is 0.438. The van der Waals surface area contributed by atoms with Gasteiger partial charge < -0.3 is 10.1 Å². The lowest BCUT2D eigenvalue weighted by molar-refractivity contribution is 0.412. The maximum Gasteiger partial charge on any atom is 0.119 e. The Hall–Kier alpha value is -1.81. The van der Waals surface area contributed by atoms with Gasteiger partial charge in [0.05, 0.1) is 18.8 Å². The summed E-state index contributed by atoms with van der Waals surface area (Å²) in [6.07, 6.45) is 4.05. The molecule has 4 nitrogen and oxygen atoms in total. The zero-order valence-electron chi connectivity index (χ0n) is 12.1. The summed E-state index contributed by atoms with van der Waals surface area (Å²) < 4.78 is 7.48. The summed E-state index contributed by atoms with van der Waals surface area (Å²) >= 11 is 0. The summed E-state index contributed by atoms with van der Waals surface area (Å²) in [4.78, 5) is 0. The minimum atomic E-state index is 0.211. The molecule has 0 aliphatic carbocycles. The zero-order chi connectivity index (χ0) is 13.9. The molecule has 20 heavy (non-hydrogen) atoms. The van der Waals surface area contributed by atoms with E-state index in [1.165, 1.54) is 16.8 Å². The molecule has 106 valence electrons. The Morgan fingerprint density at radius 2 is 2.30 bits per heavy atom. The van der Waals surface area contributed by atoms with E-state index in [-0.39, 0.29) is 6.04 Å². The van der Waals surface area contributed by atoms with Gasteiger partial charge >= 0.3 is 0 Å². The maximum atomic E-state index is 5.37. The maximum absolute atomic E-state index is 5.37. The molecule has 1 aliphatic rings. The van der Waals surface area contributed by atoms with Gasteiger partial charge in [-0.25, -0.2) is 0 Å². The number of aromatic nitrogens is 2. The van der Waals surface area contributed by atoms with Gasteiger partial charge in [0.25, 0.3) is 0 Å². The van der Waals surface area contributed by atoms with Crippen molar-refractivity contribution >= 4 is 0 Å². The third-order valence-electron chi connectivity index (χ3n) is 3.89. The molecular formula is C16H21N3O. The molecule has 1 N–H and O–H groups in total. The second-order valence-electron chi connectivity index (χ2n) is 5.18. The number of fused-ring (bicyclic) bond motifs is 1. The largest absolute Gasteiger partial charge is 0.497 e. The van der Waals surface area contributed by atoms with Gasteiger partial charge in [-0.15, -0.1) is 0 Å². The molecular weight excluding hydrogens is 250 g/mol. The van der Waals surface area contributed by atoms with Gasteiger partial charge in [-0.1, -0.05) is 13.0 Å². The van der Waals surface area contributed by atoms with Crippen LogP contribution in [-0.4, -0.2) is 23.4 Å². The van der Waals surface area contributed by atoms with E-state index in [0.29, 0.717) is 0 Å². The Balaban J connectivity index is 2.02. The van der Waals surface area contributed by atoms with Crippen molar-refractivity contribution in [3.8, 4) is 5.75 Å². The van der Waals surface area contributed by atoms with Crippen molar-refractivity contribution < 1.29 is 4.74 Å². The average Bonchev–Trinajstić information content (AvgIpc) is 2.94. The Morgan fingerprint density at radius 1 is 1.40 bits per heavy atom. The van der Waals surface area contributed by atoms with E-state index in [1.54, 1.807) is 7.11 Å². The van der Waals surface area contributed by atoms with Gasteiger partial charge in [-0.05, 0) is 42.2 Å². The number of rotatable bonds is 4. The zero-order valence-corrected chi connectivity index (χ0v) is 12.1. The molecule has 0 spiro atoms. The fourth-order valence-electron chi connectivity index (χ4n) is 2.91. The van der Waals surface area contributed by atoms with Crippen molar-refractivity contribution in [2.24, 2.45) is 0 Å². The lowest BCUT2D eigenvalue weighted by Gasteiger charge is -2.28. The minimum absolute atomic E-state index is 0.211. The van der Waals surface area contributed by atoms with Crippen molar-refractivity contribution in [3.63, 3.8) is 0 Å². The molecule has 2 aromatic rings. The SMILES string of the molecule is CCCn1nccc1C1NCCc2ccc(OC)cc21. The molecule has 0 saturated heterocycles. The molecule has 0 saturated carbocycles. The molecule has 0 amide bonds. The van der Waals surface area contributed by atoms with E-state index in [1.807, 2.05) is 12.3 Å². The summed E-state index contributed by atoms with van der Waals surface area (Å²) in [5.41, 5.74) is 3.95. The third-order valence-corrected chi connectivity index (χ3v) is 3.89. The molecule has 4 heteroatoms. The quantitative estimate of drug-likeness (QED) is 0.929. The molecule has 0 radical (unpaired) electrons. The number of aryl methyl sites for hydroxylation is 1. The van der Waals surface area contributed by atoms with Crippen molar-refractivity contribution in [3.05, 3.63) is 47.3 Å². The standard InChI is InChI=1S/C16H21N3O/c1-3-10-19-15(7-9-18-19)16-14-11-13(20-2)5-4-12(14)6-8-17-16/h4-5,7,9,11,16-17H,3,6,8,10H2,1-2H3. The first-order chi connectivity index (χ1) is 9.83. The number of benzene rings is 1.